The lowest BCUT2D eigenvalue weighted by molar-refractivity contribution is -0.385. The molecule has 140 valence electrons. The van der Waals surface area contributed by atoms with Gasteiger partial charge in [0, 0.05) is 17.8 Å². The molecule has 0 saturated carbocycles. The summed E-state index contributed by atoms with van der Waals surface area (Å²) in [4.78, 5) is 18.5. The predicted octanol–water partition coefficient (Wildman–Crippen LogP) is 4.72. The number of nitro benzene ring substituents is 1. The first-order valence-corrected chi connectivity index (χ1v) is 7.79. The number of nitrogens with zero attached hydrogens (tertiary/aromatic N) is 3. The van der Waals surface area contributed by atoms with E-state index in [1.807, 2.05) is 0 Å². The molecule has 0 fully saturated rings. The summed E-state index contributed by atoms with van der Waals surface area (Å²) in [7, 11) is 0. The van der Waals surface area contributed by atoms with Crippen LogP contribution in [0.3, 0.4) is 0 Å². The highest BCUT2D eigenvalue weighted by Crippen LogP contribution is 2.35. The Morgan fingerprint density at radius 3 is 2.70 bits per heavy atom. The molecule has 1 aromatic heterocycles. The molecule has 0 unspecified atom stereocenters. The molecule has 0 radical (unpaired) electrons. The molecular formula is C16H10ClF3N4O3. The number of benzene rings is 2. The summed E-state index contributed by atoms with van der Waals surface area (Å²) in [6.07, 6.45) is -1.61. The van der Waals surface area contributed by atoms with Crippen LogP contribution in [-0.2, 0) is 0 Å². The number of nitrogens with one attached hydrogen (secondary N) is 1. The average molecular weight is 399 g/mol. The largest absolute Gasteiger partial charge is 0.481 e. The monoisotopic (exact) mass is 398 g/mol. The molecule has 0 amide bonds. The van der Waals surface area contributed by atoms with Crippen molar-refractivity contribution in [1.82, 2.24) is 9.97 Å². The van der Waals surface area contributed by atoms with Crippen molar-refractivity contribution in [3.05, 3.63) is 57.6 Å². The molecule has 0 atom stereocenters. The molecule has 11 heteroatoms. The van der Waals surface area contributed by atoms with Crippen molar-refractivity contribution in [2.75, 3.05) is 11.9 Å². The van der Waals surface area contributed by atoms with Gasteiger partial charge in [0.05, 0.1) is 20.8 Å². The van der Waals surface area contributed by atoms with Gasteiger partial charge in [-0.05, 0) is 18.2 Å². The maximum atomic E-state index is 13.3. The number of rotatable bonds is 6. The van der Waals surface area contributed by atoms with Crippen LogP contribution >= 0.6 is 11.6 Å². The minimum atomic E-state index is -2.79. The summed E-state index contributed by atoms with van der Waals surface area (Å²) in [5.41, 5.74) is 0.107. The normalized spacial score (nSPS) is 11.0. The number of alkyl halides is 2. The molecule has 27 heavy (non-hydrogen) atoms. The van der Waals surface area contributed by atoms with Gasteiger partial charge in [-0.25, -0.2) is 23.1 Å². The molecule has 3 aromatic rings. The third kappa shape index (κ3) is 4.17. The van der Waals surface area contributed by atoms with E-state index in [0.717, 1.165) is 12.1 Å². The van der Waals surface area contributed by atoms with Gasteiger partial charge in [0.25, 0.3) is 6.43 Å². The smallest absolute Gasteiger partial charge is 0.311 e. The number of anilines is 2. The molecule has 0 bridgehead atoms. The van der Waals surface area contributed by atoms with Gasteiger partial charge < -0.3 is 10.1 Å². The summed E-state index contributed by atoms with van der Waals surface area (Å²) in [6.45, 7) is -0.989. The quantitative estimate of drug-likeness (QED) is 0.477. The zero-order chi connectivity index (χ0) is 19.6. The van der Waals surface area contributed by atoms with E-state index in [1.165, 1.54) is 24.5 Å². The lowest BCUT2D eigenvalue weighted by Crippen LogP contribution is -2.08. The number of fused-ring (bicyclic) bond motifs is 1. The van der Waals surface area contributed by atoms with Crippen molar-refractivity contribution in [2.45, 2.75) is 6.43 Å². The first-order chi connectivity index (χ1) is 12.8. The third-order valence-corrected chi connectivity index (χ3v) is 3.75. The summed E-state index contributed by atoms with van der Waals surface area (Å²) in [5, 5.41) is 14.3. The minimum Gasteiger partial charge on any atom is -0.481 e. The van der Waals surface area contributed by atoms with Crippen LogP contribution in [0.1, 0.15) is 0 Å². The Balaban J connectivity index is 2.05. The predicted molar refractivity (Wildman–Crippen MR) is 92.4 cm³/mol. The molecule has 7 nitrogen and oxygen atoms in total. The average Bonchev–Trinajstić information content (AvgIpc) is 2.62. The highest BCUT2D eigenvalue weighted by atomic mass is 35.5. The molecule has 1 heterocycles. The van der Waals surface area contributed by atoms with Gasteiger partial charge in [-0.1, -0.05) is 11.6 Å². The van der Waals surface area contributed by atoms with E-state index in [4.69, 9.17) is 16.3 Å². The molecule has 0 spiro atoms. The SMILES string of the molecule is O=[N+]([O-])c1cc2c(Nc3ccc(F)c(Cl)c3)ncnc2cc1OCC(F)F. The minimum absolute atomic E-state index is 0.118. The number of ether oxygens (including phenoxy) is 1. The summed E-state index contributed by atoms with van der Waals surface area (Å²) in [6, 6.07) is 6.17. The van der Waals surface area contributed by atoms with E-state index in [9.17, 15) is 23.3 Å². The van der Waals surface area contributed by atoms with Crippen molar-refractivity contribution >= 4 is 39.7 Å². The van der Waals surface area contributed by atoms with Crippen LogP contribution in [0.25, 0.3) is 10.9 Å². The van der Waals surface area contributed by atoms with E-state index in [-0.39, 0.29) is 27.5 Å². The van der Waals surface area contributed by atoms with E-state index < -0.39 is 29.5 Å². The molecule has 2 aromatic carbocycles. The maximum absolute atomic E-state index is 13.3. The Hall–Kier alpha value is -3.14. The van der Waals surface area contributed by atoms with Crippen molar-refractivity contribution in [1.29, 1.82) is 0 Å². The number of hydrogen-bond donors (Lipinski definition) is 1. The summed E-state index contributed by atoms with van der Waals surface area (Å²) >= 11 is 5.73. The maximum Gasteiger partial charge on any atom is 0.311 e. The summed E-state index contributed by atoms with van der Waals surface area (Å²) in [5.74, 6) is -0.750. The number of hydrogen-bond acceptors (Lipinski definition) is 6. The van der Waals surface area contributed by atoms with Gasteiger partial charge in [0.2, 0.25) is 0 Å². The fourth-order valence-corrected chi connectivity index (χ4v) is 2.47. The highest BCUT2D eigenvalue weighted by Gasteiger charge is 2.20. The second-order valence-corrected chi connectivity index (χ2v) is 5.68. The van der Waals surface area contributed by atoms with Gasteiger partial charge in [-0.2, -0.15) is 0 Å². The number of nitro groups is 1. The Morgan fingerprint density at radius 2 is 2.04 bits per heavy atom. The van der Waals surface area contributed by atoms with Crippen molar-refractivity contribution in [3.8, 4) is 5.75 Å². The Labute approximate surface area is 154 Å². The van der Waals surface area contributed by atoms with Gasteiger partial charge in [-0.15, -0.1) is 0 Å². The molecular weight excluding hydrogens is 389 g/mol. The molecule has 0 aliphatic heterocycles. The molecule has 1 N–H and O–H groups in total. The van der Waals surface area contributed by atoms with Crippen LogP contribution in [0.2, 0.25) is 5.02 Å². The Bertz CT molecular complexity index is 1020. The third-order valence-electron chi connectivity index (χ3n) is 3.46. The second-order valence-electron chi connectivity index (χ2n) is 5.27. The lowest BCUT2D eigenvalue weighted by atomic mass is 10.2. The van der Waals surface area contributed by atoms with Crippen LogP contribution in [0.5, 0.6) is 5.75 Å². The fourth-order valence-electron chi connectivity index (χ4n) is 2.29. The van der Waals surface area contributed by atoms with Gasteiger partial charge >= 0.3 is 5.69 Å². The number of halogens is 4. The first-order valence-electron chi connectivity index (χ1n) is 7.41. The van der Waals surface area contributed by atoms with Crippen LogP contribution < -0.4 is 10.1 Å². The van der Waals surface area contributed by atoms with Crippen molar-refractivity contribution in [2.24, 2.45) is 0 Å². The first kappa shape index (κ1) is 18.6. The zero-order valence-corrected chi connectivity index (χ0v) is 14.1. The van der Waals surface area contributed by atoms with E-state index in [0.29, 0.717) is 5.69 Å². The summed E-state index contributed by atoms with van der Waals surface area (Å²) < 4.78 is 42.8. The number of aromatic nitrogens is 2. The highest BCUT2D eigenvalue weighted by molar-refractivity contribution is 6.31. The Kier molecular flexibility index (Phi) is 5.26. The second kappa shape index (κ2) is 7.62. The van der Waals surface area contributed by atoms with Crippen molar-refractivity contribution < 1.29 is 22.8 Å². The lowest BCUT2D eigenvalue weighted by Gasteiger charge is -2.11. The van der Waals surface area contributed by atoms with E-state index in [2.05, 4.69) is 15.3 Å². The van der Waals surface area contributed by atoms with Gasteiger partial charge in [-0.3, -0.25) is 10.1 Å². The zero-order valence-electron chi connectivity index (χ0n) is 13.3. The Morgan fingerprint density at radius 1 is 1.26 bits per heavy atom. The molecule has 0 aliphatic rings. The topological polar surface area (TPSA) is 90.2 Å². The van der Waals surface area contributed by atoms with E-state index >= 15 is 0 Å². The van der Waals surface area contributed by atoms with Crippen molar-refractivity contribution in [3.63, 3.8) is 0 Å². The molecule has 0 saturated heterocycles. The van der Waals surface area contributed by atoms with Crippen LogP contribution in [0.4, 0.5) is 30.4 Å². The van der Waals surface area contributed by atoms with Gasteiger partial charge in [0.1, 0.15) is 24.6 Å². The van der Waals surface area contributed by atoms with Crippen LogP contribution in [0.15, 0.2) is 36.7 Å². The standard InChI is InChI=1S/C16H10ClF3N4O3/c17-10-3-8(1-2-11(10)18)23-16-9-4-13(24(25)26)14(27-6-15(19)20)5-12(9)21-7-22-16/h1-5,7,15H,6H2,(H,21,22,23). The molecule has 3 rings (SSSR count). The molecule has 0 aliphatic carbocycles. The van der Waals surface area contributed by atoms with E-state index in [1.54, 1.807) is 0 Å². The fraction of sp³-hybridized carbons (Fsp3) is 0.125. The van der Waals surface area contributed by atoms with Crippen LogP contribution in [-0.4, -0.2) is 27.9 Å². The van der Waals surface area contributed by atoms with Crippen LogP contribution in [0, 0.1) is 15.9 Å². The van der Waals surface area contributed by atoms with Gasteiger partial charge in [0.15, 0.2) is 5.75 Å².